The molecule has 0 radical (unpaired) electrons. The van der Waals surface area contributed by atoms with E-state index in [1.165, 1.54) is 12.8 Å². The average molecular weight is 263 g/mol. The number of rotatable bonds is 5. The molecule has 2 aliphatic rings. The van der Waals surface area contributed by atoms with Crippen molar-refractivity contribution in [3.05, 3.63) is 24.2 Å². The zero-order chi connectivity index (χ0) is 13.5. The summed E-state index contributed by atoms with van der Waals surface area (Å²) in [6, 6.07) is 5.46. The number of furan rings is 1. The molecule has 2 atom stereocenters. The molecular weight excluding hydrogens is 238 g/mol. The SMILES string of the molecule is CC1CC(CN)(N(C)Cc2ccco2)CN1C1CC1. The summed E-state index contributed by atoms with van der Waals surface area (Å²) in [6.07, 6.45) is 5.64. The van der Waals surface area contributed by atoms with E-state index in [9.17, 15) is 0 Å². The van der Waals surface area contributed by atoms with Gasteiger partial charge in [-0.2, -0.15) is 0 Å². The zero-order valence-electron chi connectivity index (χ0n) is 12.0. The van der Waals surface area contributed by atoms with E-state index < -0.39 is 0 Å². The van der Waals surface area contributed by atoms with Gasteiger partial charge in [-0.1, -0.05) is 0 Å². The van der Waals surface area contributed by atoms with Crippen LogP contribution in [0.15, 0.2) is 22.8 Å². The van der Waals surface area contributed by atoms with Gasteiger partial charge >= 0.3 is 0 Å². The summed E-state index contributed by atoms with van der Waals surface area (Å²) in [6.45, 7) is 5.01. The van der Waals surface area contributed by atoms with Crippen molar-refractivity contribution >= 4 is 0 Å². The summed E-state index contributed by atoms with van der Waals surface area (Å²) in [5, 5.41) is 0. The smallest absolute Gasteiger partial charge is 0.117 e. The first-order valence-electron chi connectivity index (χ1n) is 7.34. The summed E-state index contributed by atoms with van der Waals surface area (Å²) in [5.74, 6) is 1.02. The van der Waals surface area contributed by atoms with Crippen LogP contribution in [0.1, 0.15) is 31.9 Å². The Morgan fingerprint density at radius 3 is 2.89 bits per heavy atom. The Hall–Kier alpha value is -0.840. The fourth-order valence-electron chi connectivity index (χ4n) is 3.51. The normalized spacial score (nSPS) is 32.3. The number of nitrogens with two attached hydrogens (primary N) is 1. The zero-order valence-corrected chi connectivity index (χ0v) is 12.0. The van der Waals surface area contributed by atoms with Crippen molar-refractivity contribution in [1.82, 2.24) is 9.80 Å². The van der Waals surface area contributed by atoms with Crippen LogP contribution in [0.2, 0.25) is 0 Å². The molecule has 1 aromatic rings. The standard InChI is InChI=1S/C15H25N3O/c1-12-8-15(10-16,11-18(12)13-5-6-13)17(2)9-14-4-3-7-19-14/h3-4,7,12-13H,5-6,8-11,16H2,1-2H3. The molecule has 19 heavy (non-hydrogen) atoms. The van der Waals surface area contributed by atoms with Gasteiger partial charge in [-0.3, -0.25) is 9.80 Å². The maximum absolute atomic E-state index is 6.14. The largest absolute Gasteiger partial charge is 0.468 e. The van der Waals surface area contributed by atoms with Gasteiger partial charge in [0.1, 0.15) is 5.76 Å². The molecule has 2 unspecified atom stereocenters. The summed E-state index contributed by atoms with van der Waals surface area (Å²) in [4.78, 5) is 5.05. The van der Waals surface area contributed by atoms with Crippen molar-refractivity contribution in [2.24, 2.45) is 5.73 Å². The minimum atomic E-state index is 0.106. The number of likely N-dealkylation sites (tertiary alicyclic amines) is 1. The van der Waals surface area contributed by atoms with Crippen LogP contribution >= 0.6 is 0 Å². The molecule has 2 fully saturated rings. The quantitative estimate of drug-likeness (QED) is 0.877. The summed E-state index contributed by atoms with van der Waals surface area (Å²) in [5.41, 5.74) is 6.25. The Kier molecular flexibility index (Phi) is 3.41. The van der Waals surface area contributed by atoms with E-state index in [0.29, 0.717) is 6.04 Å². The van der Waals surface area contributed by atoms with Crippen molar-refractivity contribution in [3.63, 3.8) is 0 Å². The third-order valence-corrected chi connectivity index (χ3v) is 4.90. The van der Waals surface area contributed by atoms with E-state index in [-0.39, 0.29) is 5.54 Å². The molecule has 1 saturated carbocycles. The molecule has 0 spiro atoms. The van der Waals surface area contributed by atoms with Crippen LogP contribution in [-0.4, -0.2) is 47.6 Å². The molecule has 1 aromatic heterocycles. The van der Waals surface area contributed by atoms with Crippen molar-refractivity contribution in [3.8, 4) is 0 Å². The fraction of sp³-hybridized carbons (Fsp3) is 0.733. The van der Waals surface area contributed by atoms with E-state index in [2.05, 4.69) is 23.8 Å². The molecule has 4 heteroatoms. The van der Waals surface area contributed by atoms with E-state index in [1.54, 1.807) is 6.26 Å². The lowest BCUT2D eigenvalue weighted by Crippen LogP contribution is -2.53. The Morgan fingerprint density at radius 1 is 1.53 bits per heavy atom. The Bertz CT molecular complexity index is 415. The van der Waals surface area contributed by atoms with Crippen molar-refractivity contribution < 1.29 is 4.42 Å². The second kappa shape index (κ2) is 4.93. The highest BCUT2D eigenvalue weighted by Crippen LogP contribution is 2.39. The molecule has 1 aliphatic carbocycles. The fourth-order valence-corrected chi connectivity index (χ4v) is 3.51. The van der Waals surface area contributed by atoms with Gasteiger partial charge in [0, 0.05) is 30.7 Å². The van der Waals surface area contributed by atoms with Gasteiger partial charge in [0.05, 0.1) is 12.8 Å². The van der Waals surface area contributed by atoms with Crippen LogP contribution in [0.4, 0.5) is 0 Å². The molecule has 4 nitrogen and oxygen atoms in total. The Morgan fingerprint density at radius 2 is 2.32 bits per heavy atom. The Labute approximate surface area is 115 Å². The Balaban J connectivity index is 1.72. The van der Waals surface area contributed by atoms with Gasteiger partial charge in [0.2, 0.25) is 0 Å². The van der Waals surface area contributed by atoms with E-state index in [0.717, 1.165) is 37.9 Å². The van der Waals surface area contributed by atoms with Gasteiger partial charge in [-0.05, 0) is 45.4 Å². The van der Waals surface area contributed by atoms with E-state index in [4.69, 9.17) is 10.2 Å². The van der Waals surface area contributed by atoms with Crippen LogP contribution in [0.5, 0.6) is 0 Å². The maximum Gasteiger partial charge on any atom is 0.117 e. The highest BCUT2D eigenvalue weighted by Gasteiger charge is 2.48. The summed E-state index contributed by atoms with van der Waals surface area (Å²) < 4.78 is 5.47. The lowest BCUT2D eigenvalue weighted by Gasteiger charge is -2.37. The number of nitrogens with zero attached hydrogens (tertiary/aromatic N) is 2. The molecule has 0 amide bonds. The predicted octanol–water partition coefficient (Wildman–Crippen LogP) is 1.67. The van der Waals surface area contributed by atoms with Gasteiger partial charge in [-0.15, -0.1) is 0 Å². The highest BCUT2D eigenvalue weighted by molar-refractivity contribution is 5.08. The number of hydrogen-bond acceptors (Lipinski definition) is 4. The van der Waals surface area contributed by atoms with E-state index >= 15 is 0 Å². The molecule has 1 saturated heterocycles. The molecule has 2 heterocycles. The average Bonchev–Trinajstić information content (AvgIpc) is 3.00. The third kappa shape index (κ3) is 2.45. The van der Waals surface area contributed by atoms with Crippen molar-refractivity contribution in [1.29, 1.82) is 0 Å². The molecule has 1 aliphatic heterocycles. The second-order valence-corrected chi connectivity index (χ2v) is 6.32. The van der Waals surface area contributed by atoms with Crippen molar-refractivity contribution in [2.75, 3.05) is 20.1 Å². The van der Waals surface area contributed by atoms with Gasteiger partial charge in [-0.25, -0.2) is 0 Å². The second-order valence-electron chi connectivity index (χ2n) is 6.32. The van der Waals surface area contributed by atoms with Crippen LogP contribution in [0, 0.1) is 0 Å². The minimum Gasteiger partial charge on any atom is -0.468 e. The molecule has 3 rings (SSSR count). The third-order valence-electron chi connectivity index (χ3n) is 4.90. The minimum absolute atomic E-state index is 0.106. The molecular formula is C15H25N3O. The van der Waals surface area contributed by atoms with Crippen molar-refractivity contribution in [2.45, 2.75) is 50.4 Å². The highest BCUT2D eigenvalue weighted by atomic mass is 16.3. The van der Waals surface area contributed by atoms with Crippen LogP contribution in [0.3, 0.4) is 0 Å². The predicted molar refractivity (Wildman–Crippen MR) is 75.8 cm³/mol. The maximum atomic E-state index is 6.14. The summed E-state index contributed by atoms with van der Waals surface area (Å²) >= 11 is 0. The monoisotopic (exact) mass is 263 g/mol. The molecule has 0 bridgehead atoms. The number of likely N-dealkylation sites (N-methyl/N-ethyl adjacent to an activating group) is 1. The first kappa shape index (κ1) is 13.2. The molecule has 2 N–H and O–H groups in total. The lowest BCUT2D eigenvalue weighted by atomic mass is 9.94. The van der Waals surface area contributed by atoms with Gasteiger partial charge < -0.3 is 10.2 Å². The van der Waals surface area contributed by atoms with Crippen LogP contribution < -0.4 is 5.73 Å². The summed E-state index contributed by atoms with van der Waals surface area (Å²) in [7, 11) is 2.18. The van der Waals surface area contributed by atoms with Gasteiger partial charge in [0.15, 0.2) is 0 Å². The van der Waals surface area contributed by atoms with E-state index in [1.807, 2.05) is 12.1 Å². The van der Waals surface area contributed by atoms with Crippen LogP contribution in [-0.2, 0) is 6.54 Å². The van der Waals surface area contributed by atoms with Gasteiger partial charge in [0.25, 0.3) is 0 Å². The first-order valence-corrected chi connectivity index (χ1v) is 7.34. The first-order chi connectivity index (χ1) is 9.14. The number of hydrogen-bond donors (Lipinski definition) is 1. The molecule has 106 valence electrons. The topological polar surface area (TPSA) is 45.6 Å². The lowest BCUT2D eigenvalue weighted by molar-refractivity contribution is 0.112. The van der Waals surface area contributed by atoms with Crippen LogP contribution in [0.25, 0.3) is 0 Å². The molecule has 0 aromatic carbocycles.